The van der Waals surface area contributed by atoms with Crippen molar-refractivity contribution < 1.29 is 13.6 Å². The molecule has 1 aromatic rings. The van der Waals surface area contributed by atoms with Crippen LogP contribution in [0.15, 0.2) is 18.2 Å². The molecule has 1 saturated heterocycles. The van der Waals surface area contributed by atoms with E-state index in [1.807, 2.05) is 0 Å². The first-order valence-corrected chi connectivity index (χ1v) is 6.63. The zero-order valence-electron chi connectivity index (χ0n) is 10.8. The number of halogens is 2. The molecule has 104 valence electrons. The molecule has 1 heterocycles. The molecule has 0 aromatic heterocycles. The molecular formula is C14H18F2N2O. The Bertz CT molecular complexity index is 443. The third-order valence-electron chi connectivity index (χ3n) is 3.32. The quantitative estimate of drug-likeness (QED) is 0.878. The summed E-state index contributed by atoms with van der Waals surface area (Å²) in [6.45, 7) is 1.75. The van der Waals surface area contributed by atoms with Gasteiger partial charge in [0.2, 0.25) is 0 Å². The number of nitrogens with one attached hydrogen (secondary N) is 1. The first-order valence-electron chi connectivity index (χ1n) is 6.63. The summed E-state index contributed by atoms with van der Waals surface area (Å²) in [5.74, 6) is -1.76. The molecule has 3 nitrogen and oxygen atoms in total. The van der Waals surface area contributed by atoms with Gasteiger partial charge in [0.15, 0.2) is 11.6 Å². The van der Waals surface area contributed by atoms with E-state index >= 15 is 0 Å². The highest BCUT2D eigenvalue weighted by molar-refractivity contribution is 5.74. The van der Waals surface area contributed by atoms with Gasteiger partial charge in [-0.1, -0.05) is 18.9 Å². The largest absolute Gasteiger partial charge is 0.334 e. The van der Waals surface area contributed by atoms with Gasteiger partial charge < -0.3 is 10.2 Å². The predicted octanol–water partition coefficient (Wildman–Crippen LogP) is 3.05. The maximum absolute atomic E-state index is 13.0. The topological polar surface area (TPSA) is 32.3 Å². The second kappa shape index (κ2) is 6.50. The van der Waals surface area contributed by atoms with E-state index in [4.69, 9.17) is 0 Å². The van der Waals surface area contributed by atoms with Gasteiger partial charge in [0.1, 0.15) is 0 Å². The Kier molecular flexibility index (Phi) is 4.71. The summed E-state index contributed by atoms with van der Waals surface area (Å²) in [5, 5.41) is 2.74. The summed E-state index contributed by atoms with van der Waals surface area (Å²) in [7, 11) is 0. The Hall–Kier alpha value is -1.65. The highest BCUT2D eigenvalue weighted by atomic mass is 19.2. The molecule has 1 N–H and O–H groups in total. The predicted molar refractivity (Wildman–Crippen MR) is 68.6 cm³/mol. The lowest BCUT2D eigenvalue weighted by molar-refractivity contribution is 0.199. The third-order valence-corrected chi connectivity index (χ3v) is 3.32. The van der Waals surface area contributed by atoms with Crippen LogP contribution in [0.4, 0.5) is 13.6 Å². The highest BCUT2D eigenvalue weighted by Crippen LogP contribution is 2.11. The molecule has 0 saturated carbocycles. The number of likely N-dealkylation sites (tertiary alicyclic amines) is 1. The van der Waals surface area contributed by atoms with Gasteiger partial charge in [0.25, 0.3) is 0 Å². The van der Waals surface area contributed by atoms with Crippen molar-refractivity contribution in [3.8, 4) is 0 Å². The minimum absolute atomic E-state index is 0.133. The smallest absolute Gasteiger partial charge is 0.317 e. The number of urea groups is 1. The summed E-state index contributed by atoms with van der Waals surface area (Å²) in [4.78, 5) is 13.7. The molecule has 0 radical (unpaired) electrons. The molecule has 5 heteroatoms. The van der Waals surface area contributed by atoms with E-state index in [0.717, 1.165) is 50.9 Å². The van der Waals surface area contributed by atoms with Crippen LogP contribution >= 0.6 is 0 Å². The molecule has 1 aliphatic rings. The normalized spacial score (nSPS) is 16.0. The molecule has 0 aliphatic carbocycles. The number of amides is 2. The van der Waals surface area contributed by atoms with Crippen LogP contribution in [0.5, 0.6) is 0 Å². The van der Waals surface area contributed by atoms with Crippen molar-refractivity contribution in [2.24, 2.45) is 0 Å². The lowest BCUT2D eigenvalue weighted by atomic mass is 10.2. The maximum Gasteiger partial charge on any atom is 0.317 e. The van der Waals surface area contributed by atoms with Crippen molar-refractivity contribution in [3.63, 3.8) is 0 Å². The average molecular weight is 268 g/mol. The molecule has 0 atom stereocenters. The summed E-state index contributed by atoms with van der Waals surface area (Å²) in [6, 6.07) is 3.52. The van der Waals surface area contributed by atoms with Crippen molar-refractivity contribution in [2.75, 3.05) is 13.1 Å². The molecule has 1 aliphatic heterocycles. The summed E-state index contributed by atoms with van der Waals surface area (Å²) in [5.41, 5.74) is 0.557. The lowest BCUT2D eigenvalue weighted by Crippen LogP contribution is -2.40. The van der Waals surface area contributed by atoms with Crippen molar-refractivity contribution >= 4 is 6.03 Å². The van der Waals surface area contributed by atoms with Crippen molar-refractivity contribution in [1.29, 1.82) is 0 Å². The van der Waals surface area contributed by atoms with Crippen molar-refractivity contribution in [2.45, 2.75) is 32.2 Å². The van der Waals surface area contributed by atoms with Crippen LogP contribution in [-0.4, -0.2) is 24.0 Å². The molecule has 0 spiro atoms. The third kappa shape index (κ3) is 3.91. The fourth-order valence-corrected chi connectivity index (χ4v) is 2.21. The van der Waals surface area contributed by atoms with Crippen LogP contribution < -0.4 is 5.32 Å². The second-order valence-corrected chi connectivity index (χ2v) is 4.81. The Labute approximate surface area is 111 Å². The zero-order valence-corrected chi connectivity index (χ0v) is 10.8. The van der Waals surface area contributed by atoms with Crippen LogP contribution in [0.2, 0.25) is 0 Å². The van der Waals surface area contributed by atoms with Crippen LogP contribution in [0.1, 0.15) is 31.2 Å². The zero-order chi connectivity index (χ0) is 13.7. The summed E-state index contributed by atoms with van der Waals surface area (Å²) < 4.78 is 25.8. The monoisotopic (exact) mass is 268 g/mol. The van der Waals surface area contributed by atoms with Gasteiger partial charge in [0, 0.05) is 19.6 Å². The van der Waals surface area contributed by atoms with Crippen LogP contribution in [0, 0.1) is 11.6 Å². The minimum atomic E-state index is -0.887. The Morgan fingerprint density at radius 1 is 1.11 bits per heavy atom. The lowest BCUT2D eigenvalue weighted by Gasteiger charge is -2.20. The molecular weight excluding hydrogens is 250 g/mol. The molecule has 0 bridgehead atoms. The SMILES string of the molecule is O=C(NCc1ccc(F)c(F)c1)N1CCCCCC1. The number of hydrogen-bond acceptors (Lipinski definition) is 1. The number of hydrogen-bond donors (Lipinski definition) is 1. The highest BCUT2D eigenvalue weighted by Gasteiger charge is 2.14. The molecule has 0 unspecified atom stereocenters. The standard InChI is InChI=1S/C14H18F2N2O/c15-12-6-5-11(9-13(12)16)10-17-14(19)18-7-3-1-2-4-8-18/h5-6,9H,1-4,7-8,10H2,(H,17,19). The van der Waals surface area contributed by atoms with Crippen LogP contribution in [0.3, 0.4) is 0 Å². The van der Waals surface area contributed by atoms with Crippen molar-refractivity contribution in [3.05, 3.63) is 35.4 Å². The number of carbonyl (C=O) groups excluding carboxylic acids is 1. The first-order chi connectivity index (χ1) is 9.16. The number of benzene rings is 1. The van der Waals surface area contributed by atoms with Gasteiger partial charge in [-0.2, -0.15) is 0 Å². The van der Waals surface area contributed by atoms with E-state index < -0.39 is 11.6 Å². The number of nitrogens with zero attached hydrogens (tertiary/aromatic N) is 1. The van der Waals surface area contributed by atoms with E-state index in [0.29, 0.717) is 5.56 Å². The van der Waals surface area contributed by atoms with Gasteiger partial charge in [0.05, 0.1) is 0 Å². The van der Waals surface area contributed by atoms with E-state index in [-0.39, 0.29) is 12.6 Å². The second-order valence-electron chi connectivity index (χ2n) is 4.81. The van der Waals surface area contributed by atoms with Gasteiger partial charge in [-0.15, -0.1) is 0 Å². The van der Waals surface area contributed by atoms with Gasteiger partial charge in [-0.3, -0.25) is 0 Å². The van der Waals surface area contributed by atoms with E-state index in [2.05, 4.69) is 5.32 Å². The van der Waals surface area contributed by atoms with E-state index in [1.165, 1.54) is 6.07 Å². The van der Waals surface area contributed by atoms with Gasteiger partial charge in [-0.05, 0) is 30.5 Å². The Balaban J connectivity index is 1.86. The molecule has 2 rings (SSSR count). The maximum atomic E-state index is 13.0. The minimum Gasteiger partial charge on any atom is -0.334 e. The number of rotatable bonds is 2. The summed E-state index contributed by atoms with van der Waals surface area (Å²) >= 11 is 0. The number of carbonyl (C=O) groups is 1. The van der Waals surface area contributed by atoms with E-state index in [1.54, 1.807) is 4.90 Å². The molecule has 1 fully saturated rings. The summed E-state index contributed by atoms with van der Waals surface area (Å²) in [6.07, 6.45) is 4.37. The molecule has 1 aromatic carbocycles. The van der Waals surface area contributed by atoms with Crippen LogP contribution in [-0.2, 0) is 6.54 Å². The Morgan fingerprint density at radius 2 is 1.79 bits per heavy atom. The van der Waals surface area contributed by atoms with E-state index in [9.17, 15) is 13.6 Å². The fourth-order valence-electron chi connectivity index (χ4n) is 2.21. The average Bonchev–Trinajstić information content (AvgIpc) is 2.69. The fraction of sp³-hybridized carbons (Fsp3) is 0.500. The van der Waals surface area contributed by atoms with Crippen LogP contribution in [0.25, 0.3) is 0 Å². The van der Waals surface area contributed by atoms with Gasteiger partial charge in [-0.25, -0.2) is 13.6 Å². The first kappa shape index (κ1) is 13.8. The van der Waals surface area contributed by atoms with Gasteiger partial charge >= 0.3 is 6.03 Å². The Morgan fingerprint density at radius 3 is 2.42 bits per heavy atom. The van der Waals surface area contributed by atoms with Crippen molar-refractivity contribution in [1.82, 2.24) is 10.2 Å². The molecule has 19 heavy (non-hydrogen) atoms. The molecule has 2 amide bonds.